The molecule has 0 radical (unpaired) electrons. The first-order chi connectivity index (χ1) is 13.1. The summed E-state index contributed by atoms with van der Waals surface area (Å²) in [6.45, 7) is 7.74. The number of esters is 1. The van der Waals surface area contributed by atoms with Gasteiger partial charge in [-0.3, -0.25) is 4.79 Å². The quantitative estimate of drug-likeness (QED) is 0.332. The van der Waals surface area contributed by atoms with Gasteiger partial charge < -0.3 is 19.2 Å². The molecule has 0 fully saturated rings. The number of rotatable bonds is 7. The molecule has 1 amide bonds. The van der Waals surface area contributed by atoms with Gasteiger partial charge in [-0.05, 0) is 58.2 Å². The van der Waals surface area contributed by atoms with E-state index in [1.165, 1.54) is 6.07 Å². The minimum absolute atomic E-state index is 0.266. The average Bonchev–Trinajstić information content (AvgIpc) is 2.55. The number of alkyl carbamates (subject to hydrolysis) is 1. The SMILES string of the molecule is Cc1cc(=O)oc2cc(OC(=O)CCCCCNC(=O)OC(C)(C)C)ccc12. The predicted octanol–water partition coefficient (Wildman–Crippen LogP) is 4.09. The zero-order valence-corrected chi connectivity index (χ0v) is 16.8. The van der Waals surface area contributed by atoms with Crippen LogP contribution >= 0.6 is 0 Å². The Morgan fingerprint density at radius 1 is 1.11 bits per heavy atom. The summed E-state index contributed by atoms with van der Waals surface area (Å²) in [5.74, 6) is -0.00714. The number of hydrogen-bond donors (Lipinski definition) is 1. The van der Waals surface area contributed by atoms with Crippen LogP contribution in [0.4, 0.5) is 4.79 Å². The molecule has 2 rings (SSSR count). The molecule has 7 nitrogen and oxygen atoms in total. The Kier molecular flexibility index (Phi) is 7.20. The van der Waals surface area contributed by atoms with Gasteiger partial charge in [-0.15, -0.1) is 0 Å². The molecule has 0 atom stereocenters. The monoisotopic (exact) mass is 389 g/mol. The summed E-state index contributed by atoms with van der Waals surface area (Å²) in [7, 11) is 0. The maximum atomic E-state index is 12.0. The van der Waals surface area contributed by atoms with Gasteiger partial charge in [-0.2, -0.15) is 0 Å². The van der Waals surface area contributed by atoms with Gasteiger partial charge in [0.25, 0.3) is 0 Å². The number of benzene rings is 1. The van der Waals surface area contributed by atoms with Crippen molar-refractivity contribution in [1.82, 2.24) is 5.32 Å². The third-order valence-electron chi connectivity index (χ3n) is 3.88. The van der Waals surface area contributed by atoms with E-state index >= 15 is 0 Å². The molecule has 1 heterocycles. The lowest BCUT2D eigenvalue weighted by atomic mass is 10.1. The minimum Gasteiger partial charge on any atom is -0.444 e. The van der Waals surface area contributed by atoms with Crippen molar-refractivity contribution in [2.24, 2.45) is 0 Å². The van der Waals surface area contributed by atoms with Gasteiger partial charge in [0.2, 0.25) is 0 Å². The van der Waals surface area contributed by atoms with Crippen LogP contribution in [0.1, 0.15) is 52.0 Å². The Morgan fingerprint density at radius 2 is 1.86 bits per heavy atom. The van der Waals surface area contributed by atoms with E-state index in [-0.39, 0.29) is 12.4 Å². The topological polar surface area (TPSA) is 94.8 Å². The molecule has 1 aromatic heterocycles. The molecule has 2 aromatic rings. The van der Waals surface area contributed by atoms with Crippen molar-refractivity contribution in [3.8, 4) is 5.75 Å². The highest BCUT2D eigenvalue weighted by Crippen LogP contribution is 2.22. The van der Waals surface area contributed by atoms with Crippen LogP contribution < -0.4 is 15.7 Å². The summed E-state index contributed by atoms with van der Waals surface area (Å²) in [5.41, 5.74) is 0.249. The fourth-order valence-electron chi connectivity index (χ4n) is 2.63. The standard InChI is InChI=1S/C21H27NO6/c1-14-12-19(24)27-17-13-15(9-10-16(14)17)26-18(23)8-6-5-7-11-22-20(25)28-21(2,3)4/h9-10,12-13H,5-8,11H2,1-4H3,(H,22,25). The van der Waals surface area contributed by atoms with E-state index in [0.29, 0.717) is 24.3 Å². The lowest BCUT2D eigenvalue weighted by Crippen LogP contribution is -2.33. The van der Waals surface area contributed by atoms with E-state index in [1.54, 1.807) is 18.2 Å². The third kappa shape index (κ3) is 7.06. The van der Waals surface area contributed by atoms with Gasteiger partial charge in [0.05, 0.1) is 0 Å². The molecule has 0 aliphatic rings. The van der Waals surface area contributed by atoms with Crippen LogP contribution in [-0.4, -0.2) is 24.2 Å². The first kappa shape index (κ1) is 21.5. The van der Waals surface area contributed by atoms with Gasteiger partial charge in [0, 0.05) is 30.5 Å². The number of carbonyl (C=O) groups excluding carboxylic acids is 2. The molecule has 1 N–H and O–H groups in total. The summed E-state index contributed by atoms with van der Waals surface area (Å²) >= 11 is 0. The summed E-state index contributed by atoms with van der Waals surface area (Å²) in [6, 6.07) is 6.41. The number of amides is 1. The highest BCUT2D eigenvalue weighted by molar-refractivity contribution is 5.82. The number of fused-ring (bicyclic) bond motifs is 1. The molecule has 0 aliphatic heterocycles. The second kappa shape index (κ2) is 9.39. The second-order valence-electron chi connectivity index (χ2n) is 7.62. The van der Waals surface area contributed by atoms with Crippen LogP contribution in [-0.2, 0) is 9.53 Å². The lowest BCUT2D eigenvalue weighted by Gasteiger charge is -2.19. The fraction of sp³-hybridized carbons (Fsp3) is 0.476. The maximum Gasteiger partial charge on any atom is 0.407 e. The largest absolute Gasteiger partial charge is 0.444 e. The molecule has 0 unspecified atom stereocenters. The highest BCUT2D eigenvalue weighted by atomic mass is 16.6. The molecule has 28 heavy (non-hydrogen) atoms. The summed E-state index contributed by atoms with van der Waals surface area (Å²) in [4.78, 5) is 34.9. The van der Waals surface area contributed by atoms with Crippen LogP contribution in [0, 0.1) is 6.92 Å². The van der Waals surface area contributed by atoms with Gasteiger partial charge in [0.15, 0.2) is 0 Å². The molecule has 7 heteroatoms. The number of carbonyl (C=O) groups is 2. The van der Waals surface area contributed by atoms with Crippen molar-refractivity contribution in [2.75, 3.05) is 6.54 Å². The second-order valence-corrected chi connectivity index (χ2v) is 7.62. The molecular weight excluding hydrogens is 362 g/mol. The molecule has 152 valence electrons. The Balaban J connectivity index is 1.71. The molecule has 0 saturated heterocycles. The van der Waals surface area contributed by atoms with Gasteiger partial charge in [-0.1, -0.05) is 6.42 Å². The van der Waals surface area contributed by atoms with Crippen molar-refractivity contribution in [1.29, 1.82) is 0 Å². The van der Waals surface area contributed by atoms with Crippen LogP contribution in [0.3, 0.4) is 0 Å². The Bertz CT molecular complexity index is 894. The van der Waals surface area contributed by atoms with Crippen LogP contribution in [0.2, 0.25) is 0 Å². The Morgan fingerprint density at radius 3 is 2.57 bits per heavy atom. The number of ether oxygens (including phenoxy) is 2. The normalized spacial score (nSPS) is 11.3. The van der Waals surface area contributed by atoms with E-state index in [1.807, 2.05) is 27.7 Å². The molecule has 0 saturated carbocycles. The lowest BCUT2D eigenvalue weighted by molar-refractivity contribution is -0.134. The van der Waals surface area contributed by atoms with E-state index in [2.05, 4.69) is 5.32 Å². The number of hydrogen-bond acceptors (Lipinski definition) is 6. The molecule has 0 bridgehead atoms. The number of aryl methyl sites for hydroxylation is 1. The van der Waals surface area contributed by atoms with Crippen molar-refractivity contribution in [2.45, 2.75) is 59.0 Å². The smallest absolute Gasteiger partial charge is 0.407 e. The minimum atomic E-state index is -0.516. The van der Waals surface area contributed by atoms with Gasteiger partial charge in [0.1, 0.15) is 16.9 Å². The van der Waals surface area contributed by atoms with Crippen molar-refractivity contribution >= 4 is 23.0 Å². The predicted molar refractivity (Wildman–Crippen MR) is 106 cm³/mol. The third-order valence-corrected chi connectivity index (χ3v) is 3.88. The summed E-state index contributed by atoms with van der Waals surface area (Å²) < 4.78 is 15.6. The number of unbranched alkanes of at least 4 members (excludes halogenated alkanes) is 2. The first-order valence-corrected chi connectivity index (χ1v) is 9.36. The van der Waals surface area contributed by atoms with Gasteiger partial charge in [-0.25, -0.2) is 9.59 Å². The molecule has 0 aliphatic carbocycles. The average molecular weight is 389 g/mol. The van der Waals surface area contributed by atoms with Crippen LogP contribution in [0.15, 0.2) is 33.5 Å². The molecule has 0 spiro atoms. The Hall–Kier alpha value is -2.83. The maximum absolute atomic E-state index is 12.0. The van der Waals surface area contributed by atoms with Crippen molar-refractivity contribution < 1.29 is 23.5 Å². The first-order valence-electron chi connectivity index (χ1n) is 9.36. The van der Waals surface area contributed by atoms with E-state index in [4.69, 9.17) is 13.9 Å². The molecule has 1 aromatic carbocycles. The fourth-order valence-corrected chi connectivity index (χ4v) is 2.63. The van der Waals surface area contributed by atoms with Crippen molar-refractivity contribution in [3.05, 3.63) is 40.2 Å². The van der Waals surface area contributed by atoms with Gasteiger partial charge >= 0.3 is 17.7 Å². The van der Waals surface area contributed by atoms with Crippen LogP contribution in [0.25, 0.3) is 11.0 Å². The zero-order valence-electron chi connectivity index (χ0n) is 16.8. The highest BCUT2D eigenvalue weighted by Gasteiger charge is 2.15. The summed E-state index contributed by atoms with van der Waals surface area (Å²) in [6.07, 6.45) is 1.99. The molecular formula is C21H27NO6. The van der Waals surface area contributed by atoms with Crippen LogP contribution in [0.5, 0.6) is 5.75 Å². The Labute approximate surface area is 164 Å². The van der Waals surface area contributed by atoms with E-state index in [9.17, 15) is 14.4 Å². The summed E-state index contributed by atoms with van der Waals surface area (Å²) in [5, 5.41) is 3.48. The van der Waals surface area contributed by atoms with Crippen molar-refractivity contribution in [3.63, 3.8) is 0 Å². The zero-order chi connectivity index (χ0) is 20.7. The van der Waals surface area contributed by atoms with E-state index < -0.39 is 17.3 Å². The number of nitrogens with one attached hydrogen (secondary N) is 1. The van der Waals surface area contributed by atoms with E-state index in [0.717, 1.165) is 23.8 Å².